The minimum atomic E-state index is 0.847. The van der Waals surface area contributed by atoms with Crippen molar-refractivity contribution < 1.29 is 0 Å². The van der Waals surface area contributed by atoms with Crippen molar-refractivity contribution in [3.05, 3.63) is 0 Å². The maximum Gasteiger partial charge on any atom is 0.00670 e. The fourth-order valence-corrected chi connectivity index (χ4v) is 2.16. The molecule has 0 unspecified atom stereocenters. The molecule has 78 valence electrons. The molecule has 1 N–H and O–H groups in total. The van der Waals surface area contributed by atoms with Gasteiger partial charge in [0.05, 0.1) is 0 Å². The zero-order chi connectivity index (χ0) is 9.36. The Morgan fingerprint density at radius 3 is 2.85 bits per heavy atom. The van der Waals surface area contributed by atoms with Crippen LogP contribution in [0.25, 0.3) is 0 Å². The SMILES string of the molecule is CCCCCC[C@H]1CCCCCN1. The molecule has 0 aromatic heterocycles. The molecule has 1 nitrogen and oxygen atoms in total. The second-order valence-corrected chi connectivity index (χ2v) is 4.35. The van der Waals surface area contributed by atoms with E-state index in [0.717, 1.165) is 6.04 Å². The highest BCUT2D eigenvalue weighted by molar-refractivity contribution is 4.70. The van der Waals surface area contributed by atoms with E-state index in [1.165, 1.54) is 64.3 Å². The van der Waals surface area contributed by atoms with Gasteiger partial charge in [-0.05, 0) is 25.8 Å². The van der Waals surface area contributed by atoms with E-state index in [4.69, 9.17) is 0 Å². The lowest BCUT2D eigenvalue weighted by molar-refractivity contribution is 0.452. The number of hydrogen-bond donors (Lipinski definition) is 1. The lowest BCUT2D eigenvalue weighted by atomic mass is 10.0. The Bertz CT molecular complexity index is 104. The van der Waals surface area contributed by atoms with Gasteiger partial charge in [0, 0.05) is 6.04 Å². The molecule has 0 bridgehead atoms. The second-order valence-electron chi connectivity index (χ2n) is 4.35. The first-order chi connectivity index (χ1) is 6.43. The first-order valence-corrected chi connectivity index (χ1v) is 6.17. The van der Waals surface area contributed by atoms with Crippen molar-refractivity contribution in [3.63, 3.8) is 0 Å². The Morgan fingerprint density at radius 2 is 2.00 bits per heavy atom. The summed E-state index contributed by atoms with van der Waals surface area (Å²) in [5, 5.41) is 3.66. The molecule has 0 amide bonds. The standard InChI is InChI=1S/C12H25N/c1-2-3-4-6-9-12-10-7-5-8-11-13-12/h12-13H,2-11H2,1H3/t12-/m0/s1. The van der Waals surface area contributed by atoms with Crippen LogP contribution in [0, 0.1) is 0 Å². The van der Waals surface area contributed by atoms with Crippen molar-refractivity contribution in [1.29, 1.82) is 0 Å². The molecule has 0 radical (unpaired) electrons. The van der Waals surface area contributed by atoms with Crippen LogP contribution in [0.15, 0.2) is 0 Å². The van der Waals surface area contributed by atoms with Gasteiger partial charge < -0.3 is 5.32 Å². The highest BCUT2D eigenvalue weighted by Gasteiger charge is 2.09. The Labute approximate surface area is 83.3 Å². The smallest absolute Gasteiger partial charge is 0.00670 e. The molecule has 1 heteroatoms. The van der Waals surface area contributed by atoms with Gasteiger partial charge in [0.25, 0.3) is 0 Å². The average molecular weight is 183 g/mol. The summed E-state index contributed by atoms with van der Waals surface area (Å²) >= 11 is 0. The first kappa shape index (κ1) is 11.0. The fraction of sp³-hybridized carbons (Fsp3) is 1.00. The van der Waals surface area contributed by atoms with E-state index in [1.54, 1.807) is 0 Å². The quantitative estimate of drug-likeness (QED) is 0.643. The Morgan fingerprint density at radius 1 is 1.08 bits per heavy atom. The number of hydrogen-bond acceptors (Lipinski definition) is 1. The van der Waals surface area contributed by atoms with E-state index in [1.807, 2.05) is 0 Å². The van der Waals surface area contributed by atoms with E-state index in [9.17, 15) is 0 Å². The minimum Gasteiger partial charge on any atom is -0.314 e. The summed E-state index contributed by atoms with van der Waals surface area (Å²) in [6.07, 6.45) is 12.8. The lowest BCUT2D eigenvalue weighted by Crippen LogP contribution is -2.27. The van der Waals surface area contributed by atoms with E-state index in [2.05, 4.69) is 12.2 Å². The van der Waals surface area contributed by atoms with Gasteiger partial charge in [-0.3, -0.25) is 0 Å². The van der Waals surface area contributed by atoms with Crippen LogP contribution in [0.4, 0.5) is 0 Å². The summed E-state index contributed by atoms with van der Waals surface area (Å²) in [7, 11) is 0. The van der Waals surface area contributed by atoms with Crippen LogP contribution < -0.4 is 5.32 Å². The number of nitrogens with one attached hydrogen (secondary N) is 1. The van der Waals surface area contributed by atoms with Gasteiger partial charge in [0.2, 0.25) is 0 Å². The summed E-state index contributed by atoms with van der Waals surface area (Å²) < 4.78 is 0. The van der Waals surface area contributed by atoms with Gasteiger partial charge >= 0.3 is 0 Å². The normalized spacial score (nSPS) is 24.2. The second kappa shape index (κ2) is 7.37. The topological polar surface area (TPSA) is 12.0 Å². The molecule has 1 atom stereocenters. The molecule has 1 fully saturated rings. The summed E-state index contributed by atoms with van der Waals surface area (Å²) in [4.78, 5) is 0. The maximum absolute atomic E-state index is 3.66. The zero-order valence-corrected chi connectivity index (χ0v) is 9.15. The summed E-state index contributed by atoms with van der Waals surface area (Å²) in [5.74, 6) is 0. The van der Waals surface area contributed by atoms with Gasteiger partial charge in [0.15, 0.2) is 0 Å². The van der Waals surface area contributed by atoms with Gasteiger partial charge in [0.1, 0.15) is 0 Å². The largest absolute Gasteiger partial charge is 0.314 e. The molecule has 0 saturated carbocycles. The van der Waals surface area contributed by atoms with Crippen molar-refractivity contribution >= 4 is 0 Å². The Hall–Kier alpha value is -0.0400. The summed E-state index contributed by atoms with van der Waals surface area (Å²) in [6, 6.07) is 0.847. The third kappa shape index (κ3) is 5.30. The number of unbranched alkanes of at least 4 members (excludes halogenated alkanes) is 3. The number of rotatable bonds is 5. The average Bonchev–Trinajstić information content (AvgIpc) is 2.41. The van der Waals surface area contributed by atoms with Crippen LogP contribution in [0.5, 0.6) is 0 Å². The molecule has 13 heavy (non-hydrogen) atoms. The van der Waals surface area contributed by atoms with Crippen LogP contribution in [-0.2, 0) is 0 Å². The maximum atomic E-state index is 3.66. The molecule has 1 aliphatic rings. The van der Waals surface area contributed by atoms with Gasteiger partial charge in [-0.15, -0.1) is 0 Å². The van der Waals surface area contributed by atoms with E-state index < -0.39 is 0 Å². The van der Waals surface area contributed by atoms with E-state index >= 15 is 0 Å². The molecule has 0 aromatic rings. The van der Waals surface area contributed by atoms with Gasteiger partial charge in [-0.1, -0.05) is 45.4 Å². The van der Waals surface area contributed by atoms with Crippen molar-refractivity contribution in [2.75, 3.05) is 6.54 Å². The van der Waals surface area contributed by atoms with E-state index in [-0.39, 0.29) is 0 Å². The third-order valence-corrected chi connectivity index (χ3v) is 3.07. The first-order valence-electron chi connectivity index (χ1n) is 6.17. The molecular weight excluding hydrogens is 158 g/mol. The van der Waals surface area contributed by atoms with Crippen molar-refractivity contribution in [1.82, 2.24) is 5.32 Å². The van der Waals surface area contributed by atoms with Crippen LogP contribution >= 0.6 is 0 Å². The monoisotopic (exact) mass is 183 g/mol. The van der Waals surface area contributed by atoms with Gasteiger partial charge in [-0.25, -0.2) is 0 Å². The zero-order valence-electron chi connectivity index (χ0n) is 9.15. The fourth-order valence-electron chi connectivity index (χ4n) is 2.16. The molecule has 1 saturated heterocycles. The van der Waals surface area contributed by atoms with Crippen LogP contribution in [-0.4, -0.2) is 12.6 Å². The Balaban J connectivity index is 1.98. The van der Waals surface area contributed by atoms with Crippen molar-refractivity contribution in [2.45, 2.75) is 70.8 Å². The van der Waals surface area contributed by atoms with E-state index in [0.29, 0.717) is 0 Å². The predicted molar refractivity (Wildman–Crippen MR) is 59.0 cm³/mol. The minimum absolute atomic E-state index is 0.847. The summed E-state index contributed by atoms with van der Waals surface area (Å²) in [5.41, 5.74) is 0. The lowest BCUT2D eigenvalue weighted by Gasteiger charge is -2.14. The molecule has 1 aliphatic heterocycles. The highest BCUT2D eigenvalue weighted by atomic mass is 14.9. The van der Waals surface area contributed by atoms with Crippen LogP contribution in [0.1, 0.15) is 64.7 Å². The van der Waals surface area contributed by atoms with Crippen molar-refractivity contribution in [2.24, 2.45) is 0 Å². The molecule has 0 aliphatic carbocycles. The molecule has 0 spiro atoms. The predicted octanol–water partition coefficient (Wildman–Crippen LogP) is 3.49. The Kier molecular flexibility index (Phi) is 6.26. The summed E-state index contributed by atoms with van der Waals surface area (Å²) in [6.45, 7) is 3.54. The molecule has 0 aromatic carbocycles. The van der Waals surface area contributed by atoms with Crippen molar-refractivity contribution in [3.8, 4) is 0 Å². The highest BCUT2D eigenvalue weighted by Crippen LogP contribution is 2.14. The molecular formula is C12H25N. The van der Waals surface area contributed by atoms with Crippen LogP contribution in [0.2, 0.25) is 0 Å². The van der Waals surface area contributed by atoms with Crippen LogP contribution in [0.3, 0.4) is 0 Å². The molecule has 1 heterocycles. The third-order valence-electron chi connectivity index (χ3n) is 3.07. The van der Waals surface area contributed by atoms with Gasteiger partial charge in [-0.2, -0.15) is 0 Å². The molecule has 1 rings (SSSR count).